The van der Waals surface area contributed by atoms with Crippen LogP contribution in [0.15, 0.2) is 18.2 Å². The Morgan fingerprint density at radius 2 is 2.10 bits per heavy atom. The third-order valence-electron chi connectivity index (χ3n) is 4.39. The molecule has 2 atom stereocenters. The standard InChI is InChI=1S/C18H30N2O/c1-13(2)12-20-10-6-5-7-16(19)18(20)15-8-9-17(21-4)14(3)11-15/h8-9,11,13,16,18H,5-7,10,12,19H2,1-4H3. The second-order valence-corrected chi connectivity index (χ2v) is 6.72. The average molecular weight is 290 g/mol. The molecule has 2 unspecified atom stereocenters. The number of nitrogens with zero attached hydrogens (tertiary/aromatic N) is 1. The van der Waals surface area contributed by atoms with Crippen LogP contribution in [-0.4, -0.2) is 31.1 Å². The summed E-state index contributed by atoms with van der Waals surface area (Å²) < 4.78 is 5.39. The Labute approximate surface area is 129 Å². The molecule has 0 radical (unpaired) electrons. The first-order valence-electron chi connectivity index (χ1n) is 8.17. The number of rotatable bonds is 4. The average Bonchev–Trinajstić information content (AvgIpc) is 2.60. The van der Waals surface area contributed by atoms with Gasteiger partial charge >= 0.3 is 0 Å². The summed E-state index contributed by atoms with van der Waals surface area (Å²) in [6.07, 6.45) is 3.61. The summed E-state index contributed by atoms with van der Waals surface area (Å²) in [6.45, 7) is 8.95. The molecule has 2 N–H and O–H groups in total. The molecule has 2 rings (SSSR count). The summed E-state index contributed by atoms with van der Waals surface area (Å²) in [5.74, 6) is 1.62. The SMILES string of the molecule is COc1ccc(C2C(N)CCCCN2CC(C)C)cc1C. The van der Waals surface area contributed by atoms with E-state index >= 15 is 0 Å². The predicted molar refractivity (Wildman–Crippen MR) is 88.7 cm³/mol. The molecule has 1 aromatic carbocycles. The van der Waals surface area contributed by atoms with Crippen LogP contribution in [0.1, 0.15) is 50.3 Å². The van der Waals surface area contributed by atoms with Crippen molar-refractivity contribution in [3.8, 4) is 5.75 Å². The van der Waals surface area contributed by atoms with E-state index in [0.29, 0.717) is 12.0 Å². The fraction of sp³-hybridized carbons (Fsp3) is 0.667. The molecule has 0 bridgehead atoms. The number of hydrogen-bond donors (Lipinski definition) is 1. The summed E-state index contributed by atoms with van der Waals surface area (Å²) in [6, 6.07) is 7.07. The van der Waals surface area contributed by atoms with Crippen molar-refractivity contribution in [1.29, 1.82) is 0 Å². The molecule has 21 heavy (non-hydrogen) atoms. The van der Waals surface area contributed by atoms with Crippen molar-refractivity contribution in [2.45, 2.75) is 52.1 Å². The van der Waals surface area contributed by atoms with E-state index in [1.165, 1.54) is 24.0 Å². The van der Waals surface area contributed by atoms with E-state index < -0.39 is 0 Å². The number of benzene rings is 1. The monoisotopic (exact) mass is 290 g/mol. The van der Waals surface area contributed by atoms with Gasteiger partial charge < -0.3 is 10.5 Å². The highest BCUT2D eigenvalue weighted by Crippen LogP contribution is 2.32. The number of ether oxygens (including phenoxy) is 1. The van der Waals surface area contributed by atoms with Crippen molar-refractivity contribution in [3.63, 3.8) is 0 Å². The summed E-state index contributed by atoms with van der Waals surface area (Å²) in [5.41, 5.74) is 9.05. The van der Waals surface area contributed by atoms with Gasteiger partial charge in [0.2, 0.25) is 0 Å². The van der Waals surface area contributed by atoms with Crippen molar-refractivity contribution < 1.29 is 4.74 Å². The lowest BCUT2D eigenvalue weighted by Crippen LogP contribution is -2.41. The normalized spacial score (nSPS) is 24.1. The van der Waals surface area contributed by atoms with Gasteiger partial charge in [0, 0.05) is 18.6 Å². The van der Waals surface area contributed by atoms with E-state index in [4.69, 9.17) is 10.5 Å². The number of aryl methyl sites for hydroxylation is 1. The van der Waals surface area contributed by atoms with E-state index in [0.717, 1.165) is 25.3 Å². The van der Waals surface area contributed by atoms with Crippen molar-refractivity contribution in [1.82, 2.24) is 4.90 Å². The number of likely N-dealkylation sites (tertiary alicyclic amines) is 1. The van der Waals surface area contributed by atoms with Crippen LogP contribution in [0, 0.1) is 12.8 Å². The smallest absolute Gasteiger partial charge is 0.121 e. The lowest BCUT2D eigenvalue weighted by atomic mass is 9.94. The molecule has 1 aliphatic rings. The molecule has 1 heterocycles. The maximum absolute atomic E-state index is 6.52. The van der Waals surface area contributed by atoms with E-state index in [2.05, 4.69) is 43.9 Å². The van der Waals surface area contributed by atoms with E-state index in [-0.39, 0.29) is 6.04 Å². The van der Waals surface area contributed by atoms with Gasteiger partial charge in [0.15, 0.2) is 0 Å². The zero-order chi connectivity index (χ0) is 15.4. The highest BCUT2D eigenvalue weighted by atomic mass is 16.5. The van der Waals surface area contributed by atoms with Crippen LogP contribution in [0.25, 0.3) is 0 Å². The van der Waals surface area contributed by atoms with Gasteiger partial charge in [-0.3, -0.25) is 4.90 Å². The first-order chi connectivity index (χ1) is 10.0. The highest BCUT2D eigenvalue weighted by molar-refractivity contribution is 5.38. The molecule has 0 aromatic heterocycles. The second kappa shape index (κ2) is 7.28. The summed E-state index contributed by atoms with van der Waals surface area (Å²) in [4.78, 5) is 2.59. The number of nitrogens with two attached hydrogens (primary N) is 1. The predicted octanol–water partition coefficient (Wildman–Crippen LogP) is 3.51. The van der Waals surface area contributed by atoms with Crippen LogP contribution in [0.5, 0.6) is 5.75 Å². The van der Waals surface area contributed by atoms with Gasteiger partial charge in [-0.05, 0) is 49.4 Å². The zero-order valence-electron chi connectivity index (χ0n) is 13.9. The Hall–Kier alpha value is -1.06. The molecule has 1 aliphatic heterocycles. The Bertz CT molecular complexity index is 459. The first kappa shape index (κ1) is 16.3. The quantitative estimate of drug-likeness (QED) is 0.922. The van der Waals surface area contributed by atoms with Crippen molar-refractivity contribution in [3.05, 3.63) is 29.3 Å². The van der Waals surface area contributed by atoms with Gasteiger partial charge in [-0.1, -0.05) is 32.4 Å². The lowest BCUT2D eigenvalue weighted by molar-refractivity contribution is 0.165. The highest BCUT2D eigenvalue weighted by Gasteiger charge is 2.29. The van der Waals surface area contributed by atoms with E-state index in [1.54, 1.807) is 7.11 Å². The molecule has 0 aliphatic carbocycles. The molecule has 1 saturated heterocycles. The maximum Gasteiger partial charge on any atom is 0.121 e. The van der Waals surface area contributed by atoms with Crippen LogP contribution in [-0.2, 0) is 0 Å². The van der Waals surface area contributed by atoms with E-state index in [1.807, 2.05) is 0 Å². The molecule has 3 heteroatoms. The topological polar surface area (TPSA) is 38.5 Å². The van der Waals surface area contributed by atoms with Crippen molar-refractivity contribution in [2.24, 2.45) is 11.7 Å². The molecule has 3 nitrogen and oxygen atoms in total. The van der Waals surface area contributed by atoms with Crippen molar-refractivity contribution >= 4 is 0 Å². The maximum atomic E-state index is 6.52. The fourth-order valence-electron chi connectivity index (χ4n) is 3.48. The van der Waals surface area contributed by atoms with Crippen LogP contribution in [0.4, 0.5) is 0 Å². The molecule has 118 valence electrons. The molecule has 0 saturated carbocycles. The first-order valence-corrected chi connectivity index (χ1v) is 8.17. The van der Waals surface area contributed by atoms with Crippen LogP contribution in [0.3, 0.4) is 0 Å². The summed E-state index contributed by atoms with van der Waals surface area (Å²) in [5, 5.41) is 0. The summed E-state index contributed by atoms with van der Waals surface area (Å²) >= 11 is 0. The van der Waals surface area contributed by atoms with Gasteiger partial charge in [0.1, 0.15) is 5.75 Å². The second-order valence-electron chi connectivity index (χ2n) is 6.72. The van der Waals surface area contributed by atoms with Crippen LogP contribution in [0.2, 0.25) is 0 Å². The van der Waals surface area contributed by atoms with Gasteiger partial charge in [-0.15, -0.1) is 0 Å². The molecule has 0 spiro atoms. The Morgan fingerprint density at radius 3 is 2.71 bits per heavy atom. The summed E-state index contributed by atoms with van der Waals surface area (Å²) in [7, 11) is 1.73. The Morgan fingerprint density at radius 1 is 1.33 bits per heavy atom. The minimum absolute atomic E-state index is 0.221. The molecular formula is C18H30N2O. The molecule has 0 amide bonds. The third-order valence-corrected chi connectivity index (χ3v) is 4.39. The molecule has 1 fully saturated rings. The Balaban J connectivity index is 2.31. The molecular weight excluding hydrogens is 260 g/mol. The number of hydrogen-bond acceptors (Lipinski definition) is 3. The Kier molecular flexibility index (Phi) is 5.65. The number of methoxy groups -OCH3 is 1. The fourth-order valence-corrected chi connectivity index (χ4v) is 3.48. The largest absolute Gasteiger partial charge is 0.496 e. The van der Waals surface area contributed by atoms with Crippen molar-refractivity contribution in [2.75, 3.05) is 20.2 Å². The van der Waals surface area contributed by atoms with Gasteiger partial charge in [-0.2, -0.15) is 0 Å². The minimum atomic E-state index is 0.221. The van der Waals surface area contributed by atoms with Crippen LogP contribution >= 0.6 is 0 Å². The van der Waals surface area contributed by atoms with Gasteiger partial charge in [-0.25, -0.2) is 0 Å². The van der Waals surface area contributed by atoms with Gasteiger partial charge in [0.05, 0.1) is 7.11 Å². The molecule has 1 aromatic rings. The van der Waals surface area contributed by atoms with Gasteiger partial charge in [0.25, 0.3) is 0 Å². The minimum Gasteiger partial charge on any atom is -0.496 e. The van der Waals surface area contributed by atoms with E-state index in [9.17, 15) is 0 Å². The zero-order valence-corrected chi connectivity index (χ0v) is 13.9. The third kappa shape index (κ3) is 3.98. The van der Waals surface area contributed by atoms with Crippen LogP contribution < -0.4 is 10.5 Å². The lowest BCUT2D eigenvalue weighted by Gasteiger charge is -2.35.